The molecule has 1 N–H and O–H groups in total. The maximum Gasteiger partial charge on any atom is 0.266 e. The molecule has 0 aliphatic carbocycles. The van der Waals surface area contributed by atoms with Crippen molar-refractivity contribution in [1.82, 2.24) is 30.0 Å². The first-order chi connectivity index (χ1) is 10.3. The first kappa shape index (κ1) is 12.2. The molecule has 4 aromatic heterocycles. The Bertz CT molecular complexity index is 1000. The number of rotatable bonds is 2. The number of H-pyrrole nitrogens is 1. The van der Waals surface area contributed by atoms with Crippen LogP contribution in [0.3, 0.4) is 0 Å². The molecule has 8 heteroatoms. The first-order valence-electron chi connectivity index (χ1n) is 6.45. The van der Waals surface area contributed by atoms with Gasteiger partial charge in [0.1, 0.15) is 10.5 Å². The molecule has 4 rings (SSSR count). The molecule has 0 spiro atoms. The van der Waals surface area contributed by atoms with Gasteiger partial charge in [-0.25, -0.2) is 10.1 Å². The van der Waals surface area contributed by atoms with E-state index in [1.54, 1.807) is 23.6 Å². The molecule has 7 nitrogen and oxygen atoms in total. The Morgan fingerprint density at radius 2 is 2.29 bits per heavy atom. The summed E-state index contributed by atoms with van der Waals surface area (Å²) in [6, 6.07) is 5.55. The lowest BCUT2D eigenvalue weighted by Crippen LogP contribution is -2.14. The van der Waals surface area contributed by atoms with Crippen molar-refractivity contribution in [3.63, 3.8) is 0 Å². The fraction of sp³-hybridized carbons (Fsp3) is 0.154. The van der Waals surface area contributed by atoms with Gasteiger partial charge in [0, 0.05) is 16.6 Å². The monoisotopic (exact) mass is 298 g/mol. The van der Waals surface area contributed by atoms with Gasteiger partial charge in [-0.15, -0.1) is 16.4 Å². The quantitative estimate of drug-likeness (QED) is 0.608. The topological polar surface area (TPSA) is 88.8 Å². The highest BCUT2D eigenvalue weighted by atomic mass is 32.1. The van der Waals surface area contributed by atoms with E-state index in [1.165, 1.54) is 4.40 Å². The largest absolute Gasteiger partial charge is 0.268 e. The second-order valence-electron chi connectivity index (χ2n) is 4.60. The number of tetrazole rings is 1. The summed E-state index contributed by atoms with van der Waals surface area (Å²) in [5, 5.41) is 14.3. The van der Waals surface area contributed by atoms with Gasteiger partial charge in [0.05, 0.1) is 5.39 Å². The van der Waals surface area contributed by atoms with Crippen molar-refractivity contribution in [3.05, 3.63) is 39.6 Å². The van der Waals surface area contributed by atoms with Gasteiger partial charge in [-0.05, 0) is 35.0 Å². The number of hydrogen-bond donors (Lipinski definition) is 1. The van der Waals surface area contributed by atoms with Crippen LogP contribution in [0, 0.1) is 0 Å². The molecule has 0 aliphatic rings. The molecule has 0 amide bonds. The van der Waals surface area contributed by atoms with Crippen LogP contribution in [0.1, 0.15) is 11.8 Å². The van der Waals surface area contributed by atoms with Gasteiger partial charge in [0.25, 0.3) is 5.56 Å². The molecular weight excluding hydrogens is 288 g/mol. The van der Waals surface area contributed by atoms with Crippen LogP contribution < -0.4 is 5.56 Å². The van der Waals surface area contributed by atoms with E-state index < -0.39 is 0 Å². The van der Waals surface area contributed by atoms with Crippen LogP contribution in [0.2, 0.25) is 0 Å². The Morgan fingerprint density at radius 1 is 1.38 bits per heavy atom. The van der Waals surface area contributed by atoms with E-state index >= 15 is 0 Å². The lowest BCUT2D eigenvalue weighted by atomic mass is 10.2. The molecule has 0 atom stereocenters. The van der Waals surface area contributed by atoms with Crippen LogP contribution >= 0.6 is 11.3 Å². The van der Waals surface area contributed by atoms with Crippen molar-refractivity contribution < 1.29 is 0 Å². The van der Waals surface area contributed by atoms with E-state index in [4.69, 9.17) is 0 Å². The molecule has 21 heavy (non-hydrogen) atoms. The van der Waals surface area contributed by atoms with E-state index in [-0.39, 0.29) is 5.56 Å². The number of aromatic nitrogens is 6. The van der Waals surface area contributed by atoms with Crippen LogP contribution in [0.5, 0.6) is 0 Å². The maximum absolute atomic E-state index is 12.6. The number of thiophene rings is 1. The molecule has 0 bridgehead atoms. The summed E-state index contributed by atoms with van der Waals surface area (Å²) < 4.78 is 1.53. The van der Waals surface area contributed by atoms with Crippen molar-refractivity contribution in [3.8, 4) is 11.4 Å². The number of hydrogen-bond acceptors (Lipinski definition) is 6. The molecule has 4 aromatic rings. The number of nitrogens with one attached hydrogen (secondary N) is 1. The van der Waals surface area contributed by atoms with Crippen LogP contribution in [0.15, 0.2) is 29.2 Å². The third kappa shape index (κ3) is 1.83. The third-order valence-electron chi connectivity index (χ3n) is 3.32. The van der Waals surface area contributed by atoms with Crippen molar-refractivity contribution in [2.45, 2.75) is 13.3 Å². The molecule has 0 unspecified atom stereocenters. The Hall–Kier alpha value is -2.61. The highest BCUT2D eigenvalue weighted by Crippen LogP contribution is 2.23. The average Bonchev–Trinajstić information content (AvgIpc) is 3.16. The number of pyridine rings is 1. The minimum absolute atomic E-state index is 0.0692. The Kier molecular flexibility index (Phi) is 2.58. The van der Waals surface area contributed by atoms with Gasteiger partial charge in [-0.3, -0.25) is 9.20 Å². The molecule has 0 aliphatic heterocycles. The molecule has 0 aromatic carbocycles. The van der Waals surface area contributed by atoms with Crippen molar-refractivity contribution in [2.75, 3.05) is 0 Å². The van der Waals surface area contributed by atoms with E-state index in [1.807, 2.05) is 12.1 Å². The zero-order chi connectivity index (χ0) is 14.4. The smallest absolute Gasteiger partial charge is 0.266 e. The van der Waals surface area contributed by atoms with Gasteiger partial charge >= 0.3 is 0 Å². The molecule has 0 radical (unpaired) electrons. The maximum atomic E-state index is 12.6. The van der Waals surface area contributed by atoms with Gasteiger partial charge in [-0.2, -0.15) is 0 Å². The Labute approximate surface area is 122 Å². The van der Waals surface area contributed by atoms with Crippen molar-refractivity contribution >= 4 is 27.2 Å². The minimum atomic E-state index is -0.0692. The average molecular weight is 298 g/mol. The van der Waals surface area contributed by atoms with Gasteiger partial charge in [-0.1, -0.05) is 6.92 Å². The highest BCUT2D eigenvalue weighted by molar-refractivity contribution is 7.18. The number of nitrogens with zero attached hydrogens (tertiary/aromatic N) is 5. The predicted octanol–water partition coefficient (Wildman–Crippen LogP) is 1.65. The summed E-state index contributed by atoms with van der Waals surface area (Å²) in [6.45, 7) is 2.07. The third-order valence-corrected chi connectivity index (χ3v) is 4.50. The second-order valence-corrected chi connectivity index (χ2v) is 5.71. The molecule has 0 saturated heterocycles. The van der Waals surface area contributed by atoms with Crippen molar-refractivity contribution in [1.29, 1.82) is 0 Å². The van der Waals surface area contributed by atoms with Crippen LogP contribution in [-0.4, -0.2) is 30.0 Å². The summed E-state index contributed by atoms with van der Waals surface area (Å²) in [4.78, 5) is 19.1. The summed E-state index contributed by atoms with van der Waals surface area (Å²) in [7, 11) is 0. The Balaban J connectivity index is 2.04. The standard InChI is InChI=1S/C13H10N6OS/c1-2-8-5-9-12(21-8)14-10-4-3-7(6-19(10)13(9)20)11-15-17-18-16-11/h3-6H,2H2,1H3,(H,15,16,17,18). The first-order valence-corrected chi connectivity index (χ1v) is 7.27. The van der Waals surface area contributed by atoms with Crippen LogP contribution in [0.4, 0.5) is 0 Å². The number of aromatic amines is 1. The number of fused-ring (bicyclic) bond motifs is 2. The summed E-state index contributed by atoms with van der Waals surface area (Å²) in [6.07, 6.45) is 2.60. The van der Waals surface area contributed by atoms with Gasteiger partial charge < -0.3 is 0 Å². The predicted molar refractivity (Wildman–Crippen MR) is 79.4 cm³/mol. The second kappa shape index (κ2) is 4.45. The zero-order valence-electron chi connectivity index (χ0n) is 11.1. The van der Waals surface area contributed by atoms with Gasteiger partial charge in [0.2, 0.25) is 0 Å². The zero-order valence-corrected chi connectivity index (χ0v) is 11.9. The summed E-state index contributed by atoms with van der Waals surface area (Å²) >= 11 is 1.57. The van der Waals surface area contributed by atoms with Crippen molar-refractivity contribution in [2.24, 2.45) is 0 Å². The lowest BCUT2D eigenvalue weighted by Gasteiger charge is -2.02. The fourth-order valence-corrected chi connectivity index (χ4v) is 3.21. The van der Waals surface area contributed by atoms with E-state index in [2.05, 4.69) is 32.5 Å². The van der Waals surface area contributed by atoms with Gasteiger partial charge in [0.15, 0.2) is 5.82 Å². The highest BCUT2D eigenvalue weighted by Gasteiger charge is 2.11. The molecule has 0 saturated carbocycles. The Morgan fingerprint density at radius 3 is 3.05 bits per heavy atom. The van der Waals surface area contributed by atoms with E-state index in [0.29, 0.717) is 16.9 Å². The van der Waals surface area contributed by atoms with Crippen LogP contribution in [-0.2, 0) is 6.42 Å². The molecule has 4 heterocycles. The SMILES string of the molecule is CCc1cc2c(=O)n3cc(-c4nnn[nH]4)ccc3nc2s1. The summed E-state index contributed by atoms with van der Waals surface area (Å²) in [5.74, 6) is 0.517. The van der Waals surface area contributed by atoms with E-state index in [9.17, 15) is 4.79 Å². The summed E-state index contributed by atoms with van der Waals surface area (Å²) in [5.41, 5.74) is 1.29. The molecule has 0 fully saturated rings. The molecular formula is C13H10N6OS. The molecule has 104 valence electrons. The number of aryl methyl sites for hydroxylation is 1. The normalized spacial score (nSPS) is 11.5. The minimum Gasteiger partial charge on any atom is -0.268 e. The lowest BCUT2D eigenvalue weighted by molar-refractivity contribution is 0.881. The van der Waals surface area contributed by atoms with Crippen LogP contribution in [0.25, 0.3) is 27.3 Å². The fourth-order valence-electron chi connectivity index (χ4n) is 2.24. The van der Waals surface area contributed by atoms with E-state index in [0.717, 1.165) is 21.7 Å².